The van der Waals surface area contributed by atoms with Crippen LogP contribution in [0, 0.1) is 6.92 Å². The number of carbonyl (C=O) groups is 2. The Morgan fingerprint density at radius 3 is 2.25 bits per heavy atom. The first-order chi connectivity index (χ1) is 19.2. The molecule has 1 amide bonds. The van der Waals surface area contributed by atoms with Crippen molar-refractivity contribution in [1.82, 2.24) is 20.2 Å². The molecule has 1 aliphatic heterocycles. The van der Waals surface area contributed by atoms with Crippen LogP contribution in [-0.4, -0.2) is 45.9 Å². The van der Waals surface area contributed by atoms with Crippen molar-refractivity contribution in [3.05, 3.63) is 104 Å². The third-order valence-corrected chi connectivity index (χ3v) is 7.63. The molecule has 1 saturated heterocycles. The standard InChI is InChI=1S/C29H24Cl4N4O3/c1-17-26(28(38)35-36-14-2-3-23(16-36)40-29(39)19-6-10-21(31)11-7-19)34-37(25-13-12-22(32)15-24(25)33)27(17)18-4-8-20(30)9-5-18/h4-13,15,23H,2-3,14,16H2,1H3,(H,35,38)/t23-/m0/s1. The summed E-state index contributed by atoms with van der Waals surface area (Å²) in [7, 11) is 0. The maximum absolute atomic E-state index is 13.5. The van der Waals surface area contributed by atoms with Gasteiger partial charge in [0, 0.05) is 32.7 Å². The van der Waals surface area contributed by atoms with Crippen molar-refractivity contribution >= 4 is 58.3 Å². The Bertz CT molecular complexity index is 1550. The van der Waals surface area contributed by atoms with Gasteiger partial charge in [0.2, 0.25) is 0 Å². The van der Waals surface area contributed by atoms with Crippen LogP contribution < -0.4 is 5.43 Å². The molecule has 1 aliphatic rings. The summed E-state index contributed by atoms with van der Waals surface area (Å²) in [5.41, 5.74) is 6.33. The molecule has 206 valence electrons. The lowest BCUT2D eigenvalue weighted by Crippen LogP contribution is -2.50. The maximum atomic E-state index is 13.5. The number of rotatable bonds is 6. The summed E-state index contributed by atoms with van der Waals surface area (Å²) in [6.07, 6.45) is 1.05. The van der Waals surface area contributed by atoms with E-state index in [9.17, 15) is 9.59 Å². The third-order valence-electron chi connectivity index (χ3n) is 6.58. The number of ether oxygens (including phenoxy) is 1. The maximum Gasteiger partial charge on any atom is 0.338 e. The molecule has 0 unspecified atom stereocenters. The molecule has 2 heterocycles. The largest absolute Gasteiger partial charge is 0.457 e. The Hall–Kier alpha value is -3.07. The number of esters is 1. The van der Waals surface area contributed by atoms with Gasteiger partial charge in [-0.25, -0.2) is 14.5 Å². The first-order valence-electron chi connectivity index (χ1n) is 12.5. The van der Waals surface area contributed by atoms with E-state index in [4.69, 9.17) is 51.1 Å². The molecule has 11 heteroatoms. The normalized spacial score (nSPS) is 15.6. The number of benzene rings is 3. The predicted octanol–water partition coefficient (Wildman–Crippen LogP) is 7.43. The van der Waals surface area contributed by atoms with Gasteiger partial charge < -0.3 is 4.74 Å². The Morgan fingerprint density at radius 1 is 0.925 bits per heavy atom. The van der Waals surface area contributed by atoms with Gasteiger partial charge in [-0.15, -0.1) is 0 Å². The molecule has 0 bridgehead atoms. The summed E-state index contributed by atoms with van der Waals surface area (Å²) in [6, 6.07) is 18.9. The quantitative estimate of drug-likeness (QED) is 0.228. The second-order valence-corrected chi connectivity index (χ2v) is 11.1. The predicted molar refractivity (Wildman–Crippen MR) is 158 cm³/mol. The Balaban J connectivity index is 1.38. The van der Waals surface area contributed by atoms with Crippen LogP contribution in [0.15, 0.2) is 66.7 Å². The number of piperidine rings is 1. The molecule has 4 aromatic rings. The van der Waals surface area contributed by atoms with Crippen LogP contribution in [0.4, 0.5) is 0 Å². The van der Waals surface area contributed by atoms with E-state index in [0.717, 1.165) is 12.0 Å². The fourth-order valence-corrected chi connectivity index (χ4v) is 5.36. The molecule has 1 N–H and O–H groups in total. The molecular weight excluding hydrogens is 594 g/mol. The highest BCUT2D eigenvalue weighted by Gasteiger charge is 2.28. The number of hydrogen-bond acceptors (Lipinski definition) is 5. The number of nitrogens with zero attached hydrogens (tertiary/aromatic N) is 3. The Morgan fingerprint density at radius 2 is 1.57 bits per heavy atom. The number of hydrazine groups is 1. The van der Waals surface area contributed by atoms with Crippen molar-refractivity contribution in [3.8, 4) is 16.9 Å². The zero-order chi connectivity index (χ0) is 28.4. The molecule has 0 aliphatic carbocycles. The van der Waals surface area contributed by atoms with Gasteiger partial charge >= 0.3 is 5.97 Å². The average molecular weight is 618 g/mol. The fraction of sp³-hybridized carbons (Fsp3) is 0.207. The molecule has 0 radical (unpaired) electrons. The van der Waals surface area contributed by atoms with Crippen LogP contribution in [0.1, 0.15) is 39.3 Å². The molecule has 3 aromatic carbocycles. The van der Waals surface area contributed by atoms with Crippen molar-refractivity contribution in [2.45, 2.75) is 25.9 Å². The molecular formula is C29H24Cl4N4O3. The summed E-state index contributed by atoms with van der Waals surface area (Å²) in [6.45, 7) is 2.78. The molecule has 1 fully saturated rings. The Kier molecular flexibility index (Phi) is 8.68. The minimum absolute atomic E-state index is 0.233. The minimum atomic E-state index is -0.433. The number of amides is 1. The molecule has 7 nitrogen and oxygen atoms in total. The van der Waals surface area contributed by atoms with E-state index >= 15 is 0 Å². The van der Waals surface area contributed by atoms with Gasteiger partial charge in [0.05, 0.1) is 28.5 Å². The third kappa shape index (κ3) is 6.29. The molecule has 1 aromatic heterocycles. The van der Waals surface area contributed by atoms with Gasteiger partial charge in [-0.05, 0) is 74.4 Å². The van der Waals surface area contributed by atoms with Crippen molar-refractivity contribution in [2.24, 2.45) is 0 Å². The highest BCUT2D eigenvalue weighted by molar-refractivity contribution is 6.35. The molecule has 5 rings (SSSR count). The first kappa shape index (κ1) is 28.5. The number of carbonyl (C=O) groups excluding carboxylic acids is 2. The summed E-state index contributed by atoms with van der Waals surface area (Å²) in [5.74, 6) is -0.821. The molecule has 0 spiro atoms. The highest BCUT2D eigenvalue weighted by atomic mass is 35.5. The SMILES string of the molecule is Cc1c(C(=O)NN2CCC[C@H](OC(=O)c3ccc(Cl)cc3)C2)nn(-c2ccc(Cl)cc2Cl)c1-c1ccc(Cl)cc1. The van der Waals surface area contributed by atoms with Crippen molar-refractivity contribution < 1.29 is 14.3 Å². The van der Waals surface area contributed by atoms with Gasteiger partial charge in [0.1, 0.15) is 6.10 Å². The van der Waals surface area contributed by atoms with Crippen LogP contribution >= 0.6 is 46.4 Å². The van der Waals surface area contributed by atoms with E-state index in [1.165, 1.54) is 0 Å². The minimum Gasteiger partial charge on any atom is -0.457 e. The van der Waals surface area contributed by atoms with Gasteiger partial charge in [-0.1, -0.05) is 58.5 Å². The summed E-state index contributed by atoms with van der Waals surface area (Å²) < 4.78 is 7.34. The van der Waals surface area contributed by atoms with E-state index in [1.54, 1.807) is 64.3 Å². The van der Waals surface area contributed by atoms with Crippen molar-refractivity contribution in [1.29, 1.82) is 0 Å². The number of nitrogens with one attached hydrogen (secondary N) is 1. The summed E-state index contributed by atoms with van der Waals surface area (Å²) in [5, 5.41) is 8.42. The van der Waals surface area contributed by atoms with E-state index < -0.39 is 5.97 Å². The average Bonchev–Trinajstić information content (AvgIpc) is 3.26. The summed E-state index contributed by atoms with van der Waals surface area (Å²) >= 11 is 24.7. The van der Waals surface area contributed by atoms with Gasteiger partial charge in [-0.2, -0.15) is 5.10 Å². The van der Waals surface area contributed by atoms with Gasteiger partial charge in [-0.3, -0.25) is 10.2 Å². The highest BCUT2D eigenvalue weighted by Crippen LogP contribution is 2.33. The van der Waals surface area contributed by atoms with Crippen molar-refractivity contribution in [2.75, 3.05) is 13.1 Å². The summed E-state index contributed by atoms with van der Waals surface area (Å²) in [4.78, 5) is 26.1. The lowest BCUT2D eigenvalue weighted by molar-refractivity contribution is -0.00205. The van der Waals surface area contributed by atoms with E-state index in [-0.39, 0.29) is 17.7 Å². The molecule has 1 atom stereocenters. The first-order valence-corrected chi connectivity index (χ1v) is 14.0. The van der Waals surface area contributed by atoms with E-state index in [2.05, 4.69) is 10.5 Å². The number of aromatic nitrogens is 2. The topological polar surface area (TPSA) is 76.5 Å². The lowest BCUT2D eigenvalue weighted by atomic mass is 10.1. The van der Waals surface area contributed by atoms with Gasteiger partial charge in [0.15, 0.2) is 5.69 Å². The van der Waals surface area contributed by atoms with Crippen LogP contribution in [0.25, 0.3) is 16.9 Å². The van der Waals surface area contributed by atoms with Gasteiger partial charge in [0.25, 0.3) is 5.91 Å². The van der Waals surface area contributed by atoms with Crippen LogP contribution in [0.3, 0.4) is 0 Å². The van der Waals surface area contributed by atoms with Crippen LogP contribution in [0.5, 0.6) is 0 Å². The molecule has 0 saturated carbocycles. The zero-order valence-electron chi connectivity index (χ0n) is 21.3. The molecule has 40 heavy (non-hydrogen) atoms. The van der Waals surface area contributed by atoms with Crippen molar-refractivity contribution in [3.63, 3.8) is 0 Å². The Labute approximate surface area is 251 Å². The second-order valence-electron chi connectivity index (χ2n) is 9.40. The second kappa shape index (κ2) is 12.2. The van der Waals surface area contributed by atoms with E-state index in [0.29, 0.717) is 62.1 Å². The smallest absolute Gasteiger partial charge is 0.338 e. The number of hydrogen-bond donors (Lipinski definition) is 1. The monoisotopic (exact) mass is 616 g/mol. The van der Waals surface area contributed by atoms with Crippen LogP contribution in [-0.2, 0) is 4.74 Å². The van der Waals surface area contributed by atoms with Crippen LogP contribution in [0.2, 0.25) is 20.1 Å². The fourth-order valence-electron chi connectivity index (χ4n) is 4.62. The number of halogens is 4. The zero-order valence-corrected chi connectivity index (χ0v) is 24.4. The lowest BCUT2D eigenvalue weighted by Gasteiger charge is -2.32. The van der Waals surface area contributed by atoms with E-state index in [1.807, 2.05) is 19.1 Å².